The van der Waals surface area contributed by atoms with E-state index in [1.807, 2.05) is 126 Å². The minimum Gasteiger partial charge on any atom is -0.480 e. The number of nitrogens with zero attached hydrogens (tertiary/aromatic N) is 1. The maximum absolute atomic E-state index is 12.7. The Balaban J connectivity index is 1.48. The molecule has 0 aliphatic carbocycles. The Morgan fingerprint density at radius 2 is 1.21 bits per heavy atom. The Bertz CT molecular complexity index is 1530. The third-order valence-electron chi connectivity index (χ3n) is 8.31. The zero-order valence-electron chi connectivity index (χ0n) is 27.2. The summed E-state index contributed by atoms with van der Waals surface area (Å²) in [6, 6.07) is 38.0. The number of carbonyl (C=O) groups excluding carboxylic acids is 1. The molecule has 1 fully saturated rings. The van der Waals surface area contributed by atoms with E-state index in [0.29, 0.717) is 13.2 Å². The Morgan fingerprint density at radius 3 is 1.71 bits per heavy atom. The van der Waals surface area contributed by atoms with Crippen LogP contribution in [0.5, 0.6) is 0 Å². The molecule has 252 valence electrons. The molecular formula is C39H44N2O7. The normalized spacial score (nSPS) is 19.1. The van der Waals surface area contributed by atoms with Gasteiger partial charge >= 0.3 is 5.97 Å². The van der Waals surface area contributed by atoms with Crippen LogP contribution < -0.4 is 5.32 Å². The van der Waals surface area contributed by atoms with Crippen molar-refractivity contribution in [1.82, 2.24) is 10.2 Å². The van der Waals surface area contributed by atoms with Crippen molar-refractivity contribution < 1.29 is 33.6 Å². The number of carboxylic acids is 1. The molecule has 1 amide bonds. The van der Waals surface area contributed by atoms with Gasteiger partial charge in [0.25, 0.3) is 0 Å². The van der Waals surface area contributed by atoms with Crippen LogP contribution in [0, 0.1) is 0 Å². The van der Waals surface area contributed by atoms with Crippen LogP contribution in [0.4, 0.5) is 0 Å². The standard InChI is InChI=1S/C39H44N2O7/c1-29(42)40-37-34(46-25-31-16-8-3-9-17-31)22-41(23-36(43)44)38(37)39(48-27-33-20-12-5-13-21-33)35(47-26-32-18-10-4-11-19-32)28-45-24-30-14-6-2-7-15-30/h2-21,34-35,37-39H,22-28H2,1H3,(H,40,42)(H,43,44)/t34-,35+,37+,38+,39+/m0/s1. The van der Waals surface area contributed by atoms with Crippen LogP contribution in [0.3, 0.4) is 0 Å². The van der Waals surface area contributed by atoms with E-state index in [1.54, 1.807) is 0 Å². The smallest absolute Gasteiger partial charge is 0.317 e. The van der Waals surface area contributed by atoms with Crippen LogP contribution in [0.1, 0.15) is 29.2 Å². The van der Waals surface area contributed by atoms with E-state index in [-0.39, 0.29) is 38.8 Å². The summed E-state index contributed by atoms with van der Waals surface area (Å²) >= 11 is 0. The molecule has 1 aliphatic rings. The van der Waals surface area contributed by atoms with E-state index in [9.17, 15) is 14.7 Å². The highest BCUT2D eigenvalue weighted by atomic mass is 16.6. The van der Waals surface area contributed by atoms with Gasteiger partial charge in [-0.25, -0.2) is 0 Å². The first-order valence-electron chi connectivity index (χ1n) is 16.3. The zero-order chi connectivity index (χ0) is 33.6. The Morgan fingerprint density at radius 1 is 0.729 bits per heavy atom. The van der Waals surface area contributed by atoms with Gasteiger partial charge < -0.3 is 29.4 Å². The topological polar surface area (TPSA) is 107 Å². The molecular weight excluding hydrogens is 608 g/mol. The highest BCUT2D eigenvalue weighted by Gasteiger charge is 2.50. The highest BCUT2D eigenvalue weighted by Crippen LogP contribution is 2.30. The summed E-state index contributed by atoms with van der Waals surface area (Å²) in [6.45, 7) is 2.82. The van der Waals surface area contributed by atoms with E-state index >= 15 is 0 Å². The van der Waals surface area contributed by atoms with Gasteiger partial charge in [0.15, 0.2) is 0 Å². The van der Waals surface area contributed by atoms with Gasteiger partial charge in [0.1, 0.15) is 12.2 Å². The lowest BCUT2D eigenvalue weighted by Crippen LogP contribution is -2.59. The summed E-state index contributed by atoms with van der Waals surface area (Å²) in [6.07, 6.45) is -1.87. The van der Waals surface area contributed by atoms with Gasteiger partial charge in [-0.3, -0.25) is 14.5 Å². The second kappa shape index (κ2) is 18.2. The number of aliphatic carboxylic acids is 1. The summed E-state index contributed by atoms with van der Waals surface area (Å²) in [4.78, 5) is 26.8. The van der Waals surface area contributed by atoms with Crippen LogP contribution in [0.15, 0.2) is 121 Å². The molecule has 0 unspecified atom stereocenters. The molecule has 0 bridgehead atoms. The van der Waals surface area contributed by atoms with Crippen molar-refractivity contribution in [2.45, 2.75) is 63.7 Å². The van der Waals surface area contributed by atoms with Crippen LogP contribution >= 0.6 is 0 Å². The first kappa shape index (κ1) is 34.9. The Kier molecular flexibility index (Phi) is 13.3. The van der Waals surface area contributed by atoms with Crippen molar-refractivity contribution in [1.29, 1.82) is 0 Å². The lowest BCUT2D eigenvalue weighted by molar-refractivity contribution is -0.149. The van der Waals surface area contributed by atoms with Crippen LogP contribution in [0.25, 0.3) is 0 Å². The van der Waals surface area contributed by atoms with E-state index in [4.69, 9.17) is 18.9 Å². The summed E-state index contributed by atoms with van der Waals surface area (Å²) in [5, 5.41) is 13.1. The fourth-order valence-electron chi connectivity index (χ4n) is 6.09. The van der Waals surface area contributed by atoms with Crippen LogP contribution in [0.2, 0.25) is 0 Å². The number of carbonyl (C=O) groups is 2. The average molecular weight is 653 g/mol. The number of rotatable bonds is 18. The highest BCUT2D eigenvalue weighted by molar-refractivity contribution is 5.73. The van der Waals surface area contributed by atoms with Gasteiger partial charge in [0.2, 0.25) is 5.91 Å². The molecule has 1 aliphatic heterocycles. The van der Waals surface area contributed by atoms with Gasteiger partial charge in [0.05, 0.1) is 57.8 Å². The minimum absolute atomic E-state index is 0.168. The molecule has 1 heterocycles. The number of benzene rings is 4. The Hall–Kier alpha value is -4.38. The second-order valence-corrected chi connectivity index (χ2v) is 12.0. The molecule has 1 saturated heterocycles. The van der Waals surface area contributed by atoms with Crippen molar-refractivity contribution in [3.05, 3.63) is 144 Å². The molecule has 5 rings (SSSR count). The third-order valence-corrected chi connectivity index (χ3v) is 8.31. The Labute approximate surface area is 282 Å². The first-order chi connectivity index (χ1) is 23.5. The number of ether oxygens (including phenoxy) is 4. The fourth-order valence-corrected chi connectivity index (χ4v) is 6.09. The summed E-state index contributed by atoms with van der Waals surface area (Å²) < 4.78 is 26.1. The lowest BCUT2D eigenvalue weighted by Gasteiger charge is -2.38. The van der Waals surface area contributed by atoms with Crippen molar-refractivity contribution in [3.8, 4) is 0 Å². The molecule has 0 spiro atoms. The largest absolute Gasteiger partial charge is 0.480 e. The molecule has 4 aromatic rings. The van der Waals surface area contributed by atoms with Gasteiger partial charge in [0, 0.05) is 13.5 Å². The van der Waals surface area contributed by atoms with E-state index in [0.717, 1.165) is 22.3 Å². The van der Waals surface area contributed by atoms with Gasteiger partial charge in [-0.1, -0.05) is 121 Å². The maximum Gasteiger partial charge on any atom is 0.317 e. The summed E-state index contributed by atoms with van der Waals surface area (Å²) in [5.41, 5.74) is 3.91. The number of nitrogens with one attached hydrogen (secondary N) is 1. The maximum atomic E-state index is 12.7. The SMILES string of the molecule is CC(=O)N[C@H]1[C@H]([C@H](OCc2ccccc2)[C@@H](COCc2ccccc2)OCc2ccccc2)N(CC(=O)O)C[C@@H]1OCc1ccccc1. The molecule has 9 heteroatoms. The second-order valence-electron chi connectivity index (χ2n) is 12.0. The number of likely N-dealkylation sites (tertiary alicyclic amines) is 1. The van der Waals surface area contributed by atoms with E-state index in [2.05, 4.69) is 5.32 Å². The summed E-state index contributed by atoms with van der Waals surface area (Å²) in [5.74, 6) is -1.24. The predicted octanol–water partition coefficient (Wildman–Crippen LogP) is 5.23. The van der Waals surface area contributed by atoms with Crippen molar-refractivity contribution in [2.75, 3.05) is 19.7 Å². The number of hydrogen-bond donors (Lipinski definition) is 2. The van der Waals surface area contributed by atoms with Crippen molar-refractivity contribution in [2.24, 2.45) is 0 Å². The average Bonchev–Trinajstić information content (AvgIpc) is 3.42. The molecule has 4 aromatic carbocycles. The van der Waals surface area contributed by atoms with E-state index in [1.165, 1.54) is 6.92 Å². The van der Waals surface area contributed by atoms with Gasteiger partial charge in [-0.2, -0.15) is 0 Å². The lowest BCUT2D eigenvalue weighted by atomic mass is 9.96. The zero-order valence-corrected chi connectivity index (χ0v) is 27.2. The fraction of sp³-hybridized carbons (Fsp3) is 0.333. The number of hydrogen-bond acceptors (Lipinski definition) is 7. The van der Waals surface area contributed by atoms with Gasteiger partial charge in [-0.05, 0) is 22.3 Å². The van der Waals surface area contributed by atoms with E-state index < -0.39 is 36.4 Å². The third kappa shape index (κ3) is 10.6. The molecule has 2 N–H and O–H groups in total. The van der Waals surface area contributed by atoms with Crippen molar-refractivity contribution >= 4 is 11.9 Å². The molecule has 0 radical (unpaired) electrons. The first-order valence-corrected chi connectivity index (χ1v) is 16.3. The molecule has 0 saturated carbocycles. The van der Waals surface area contributed by atoms with Crippen LogP contribution in [-0.4, -0.2) is 72.0 Å². The molecule has 5 atom stereocenters. The number of carboxylic acid groups (broad SMARTS) is 1. The minimum atomic E-state index is -0.992. The quantitative estimate of drug-likeness (QED) is 0.151. The monoisotopic (exact) mass is 652 g/mol. The molecule has 9 nitrogen and oxygen atoms in total. The predicted molar refractivity (Wildman–Crippen MR) is 182 cm³/mol. The molecule has 0 aromatic heterocycles. The summed E-state index contributed by atoms with van der Waals surface area (Å²) in [7, 11) is 0. The van der Waals surface area contributed by atoms with Gasteiger partial charge in [-0.15, -0.1) is 0 Å². The molecule has 48 heavy (non-hydrogen) atoms. The van der Waals surface area contributed by atoms with Crippen molar-refractivity contribution in [3.63, 3.8) is 0 Å². The number of amides is 1. The van der Waals surface area contributed by atoms with Crippen LogP contribution in [-0.2, 0) is 55.0 Å².